The number of hydrogen-bond acceptors (Lipinski definition) is 3. The first kappa shape index (κ1) is 20.0. The summed E-state index contributed by atoms with van der Waals surface area (Å²) in [6.45, 7) is 0.378. The third-order valence-electron chi connectivity index (χ3n) is 4.06. The van der Waals surface area contributed by atoms with Gasteiger partial charge < -0.3 is 21.5 Å². The Labute approximate surface area is 158 Å². The van der Waals surface area contributed by atoms with Crippen LogP contribution < -0.4 is 16.4 Å². The monoisotopic (exact) mass is 368 g/mol. The summed E-state index contributed by atoms with van der Waals surface area (Å²) in [5.41, 5.74) is 7.84. The second kappa shape index (κ2) is 9.96. The SMILES string of the molecule is N=C(N)NCCC[C@H](NC(=O)c1ccc(Cc2ccccc2)cc1)C(=O)O. The van der Waals surface area contributed by atoms with Gasteiger partial charge in [-0.3, -0.25) is 10.2 Å². The number of aliphatic carboxylic acids is 1. The van der Waals surface area contributed by atoms with E-state index in [1.165, 1.54) is 5.56 Å². The van der Waals surface area contributed by atoms with Gasteiger partial charge in [-0.15, -0.1) is 0 Å². The van der Waals surface area contributed by atoms with Crippen LogP contribution in [0.15, 0.2) is 54.6 Å². The van der Waals surface area contributed by atoms with E-state index in [0.717, 1.165) is 12.0 Å². The van der Waals surface area contributed by atoms with Crippen LogP contribution in [0.5, 0.6) is 0 Å². The van der Waals surface area contributed by atoms with Crippen LogP contribution in [0, 0.1) is 5.41 Å². The molecule has 6 N–H and O–H groups in total. The topological polar surface area (TPSA) is 128 Å². The highest BCUT2D eigenvalue weighted by Gasteiger charge is 2.20. The lowest BCUT2D eigenvalue weighted by atomic mass is 10.0. The molecule has 0 aromatic heterocycles. The van der Waals surface area contributed by atoms with Crippen LogP contribution in [-0.2, 0) is 11.2 Å². The fraction of sp³-hybridized carbons (Fsp3) is 0.250. The number of rotatable bonds is 9. The highest BCUT2D eigenvalue weighted by atomic mass is 16.4. The number of nitrogens with one attached hydrogen (secondary N) is 3. The second-order valence-electron chi connectivity index (χ2n) is 6.21. The minimum atomic E-state index is -1.09. The van der Waals surface area contributed by atoms with E-state index in [0.29, 0.717) is 18.5 Å². The van der Waals surface area contributed by atoms with Crippen molar-refractivity contribution in [3.8, 4) is 0 Å². The van der Waals surface area contributed by atoms with E-state index in [2.05, 4.69) is 10.6 Å². The molecule has 0 radical (unpaired) electrons. The first-order valence-electron chi connectivity index (χ1n) is 8.70. The van der Waals surface area contributed by atoms with Crippen molar-refractivity contribution in [3.63, 3.8) is 0 Å². The highest BCUT2D eigenvalue weighted by molar-refractivity contribution is 5.96. The lowest BCUT2D eigenvalue weighted by Gasteiger charge is -2.15. The molecule has 2 aromatic rings. The quantitative estimate of drug-likeness (QED) is 0.262. The normalized spacial score (nSPS) is 11.4. The van der Waals surface area contributed by atoms with Crippen LogP contribution in [-0.4, -0.2) is 35.5 Å². The number of nitrogens with two attached hydrogens (primary N) is 1. The summed E-state index contributed by atoms with van der Waals surface area (Å²) < 4.78 is 0. The maximum absolute atomic E-state index is 12.3. The van der Waals surface area contributed by atoms with Crippen molar-refractivity contribution in [2.45, 2.75) is 25.3 Å². The smallest absolute Gasteiger partial charge is 0.326 e. The van der Waals surface area contributed by atoms with Crippen LogP contribution >= 0.6 is 0 Å². The Balaban J connectivity index is 1.91. The molecule has 27 heavy (non-hydrogen) atoms. The van der Waals surface area contributed by atoms with Gasteiger partial charge in [0.1, 0.15) is 6.04 Å². The van der Waals surface area contributed by atoms with E-state index in [9.17, 15) is 14.7 Å². The summed E-state index contributed by atoms with van der Waals surface area (Å²) in [7, 11) is 0. The molecule has 0 saturated heterocycles. The summed E-state index contributed by atoms with van der Waals surface area (Å²) in [5.74, 6) is -1.68. The predicted molar refractivity (Wildman–Crippen MR) is 104 cm³/mol. The summed E-state index contributed by atoms with van der Waals surface area (Å²) >= 11 is 0. The van der Waals surface area contributed by atoms with Gasteiger partial charge in [-0.25, -0.2) is 4.79 Å². The highest BCUT2D eigenvalue weighted by Crippen LogP contribution is 2.11. The number of benzene rings is 2. The molecule has 1 amide bonds. The van der Waals surface area contributed by atoms with Crippen LogP contribution in [0.25, 0.3) is 0 Å². The van der Waals surface area contributed by atoms with Crippen LogP contribution in [0.1, 0.15) is 34.3 Å². The molecular formula is C20H24N4O3. The van der Waals surface area contributed by atoms with E-state index in [-0.39, 0.29) is 12.4 Å². The van der Waals surface area contributed by atoms with E-state index >= 15 is 0 Å². The molecule has 0 unspecified atom stereocenters. The van der Waals surface area contributed by atoms with Crippen molar-refractivity contribution in [1.29, 1.82) is 5.41 Å². The third kappa shape index (κ3) is 6.81. The van der Waals surface area contributed by atoms with Crippen molar-refractivity contribution in [2.24, 2.45) is 5.73 Å². The van der Waals surface area contributed by atoms with Gasteiger partial charge in [-0.1, -0.05) is 42.5 Å². The molecular weight excluding hydrogens is 344 g/mol. The first-order chi connectivity index (χ1) is 13.0. The number of carbonyl (C=O) groups excluding carboxylic acids is 1. The molecule has 0 spiro atoms. The number of amides is 1. The van der Waals surface area contributed by atoms with Gasteiger partial charge in [0.15, 0.2) is 5.96 Å². The third-order valence-corrected chi connectivity index (χ3v) is 4.06. The fourth-order valence-corrected chi connectivity index (χ4v) is 2.63. The Bertz CT molecular complexity index is 776. The van der Waals surface area contributed by atoms with Gasteiger partial charge >= 0.3 is 5.97 Å². The zero-order chi connectivity index (χ0) is 19.6. The molecule has 0 aliphatic heterocycles. The van der Waals surface area contributed by atoms with Crippen LogP contribution in [0.4, 0.5) is 0 Å². The van der Waals surface area contributed by atoms with E-state index in [1.54, 1.807) is 12.1 Å². The fourth-order valence-electron chi connectivity index (χ4n) is 2.63. The Hall–Kier alpha value is -3.35. The zero-order valence-electron chi connectivity index (χ0n) is 14.9. The van der Waals surface area contributed by atoms with Crippen LogP contribution in [0.2, 0.25) is 0 Å². The summed E-state index contributed by atoms with van der Waals surface area (Å²) in [6.07, 6.45) is 1.48. The van der Waals surface area contributed by atoms with Gasteiger partial charge in [-0.2, -0.15) is 0 Å². The van der Waals surface area contributed by atoms with E-state index in [4.69, 9.17) is 11.1 Å². The van der Waals surface area contributed by atoms with Gasteiger partial charge in [0.2, 0.25) is 0 Å². The molecule has 0 aliphatic rings. The second-order valence-corrected chi connectivity index (χ2v) is 6.21. The minimum absolute atomic E-state index is 0.165. The number of hydrogen-bond donors (Lipinski definition) is 5. The predicted octanol–water partition coefficient (Wildman–Crippen LogP) is 1.72. The number of carboxylic acid groups (broad SMARTS) is 1. The summed E-state index contributed by atoms with van der Waals surface area (Å²) in [5, 5.41) is 21.5. The van der Waals surface area contributed by atoms with Gasteiger partial charge in [0, 0.05) is 12.1 Å². The van der Waals surface area contributed by atoms with E-state index < -0.39 is 17.9 Å². The van der Waals surface area contributed by atoms with Crippen molar-refractivity contribution in [3.05, 3.63) is 71.3 Å². The van der Waals surface area contributed by atoms with Crippen molar-refractivity contribution in [2.75, 3.05) is 6.54 Å². The van der Waals surface area contributed by atoms with Crippen molar-refractivity contribution >= 4 is 17.8 Å². The Morgan fingerprint density at radius 1 is 1.04 bits per heavy atom. The number of carboxylic acids is 1. The van der Waals surface area contributed by atoms with Gasteiger partial charge in [0.05, 0.1) is 0 Å². The summed E-state index contributed by atoms with van der Waals surface area (Å²) in [4.78, 5) is 23.7. The lowest BCUT2D eigenvalue weighted by molar-refractivity contribution is -0.139. The molecule has 2 aromatic carbocycles. The maximum Gasteiger partial charge on any atom is 0.326 e. The summed E-state index contributed by atoms with van der Waals surface area (Å²) in [6, 6.07) is 16.2. The lowest BCUT2D eigenvalue weighted by Crippen LogP contribution is -2.41. The van der Waals surface area contributed by atoms with Crippen LogP contribution in [0.3, 0.4) is 0 Å². The molecule has 0 bridgehead atoms. The standard InChI is InChI=1S/C20H24N4O3/c21-20(22)23-12-4-7-17(19(26)27)24-18(25)16-10-8-15(9-11-16)13-14-5-2-1-3-6-14/h1-3,5-6,8-11,17H,4,7,12-13H2,(H,24,25)(H,26,27)(H4,21,22,23)/t17-/m0/s1. The molecule has 142 valence electrons. The average Bonchev–Trinajstić information content (AvgIpc) is 2.65. The molecule has 2 rings (SSSR count). The van der Waals surface area contributed by atoms with Gasteiger partial charge in [-0.05, 0) is 42.5 Å². The Kier molecular flexibility index (Phi) is 7.37. The molecule has 0 heterocycles. The Morgan fingerprint density at radius 2 is 1.67 bits per heavy atom. The number of carbonyl (C=O) groups is 2. The van der Waals surface area contributed by atoms with Crippen molar-refractivity contribution < 1.29 is 14.7 Å². The van der Waals surface area contributed by atoms with Crippen molar-refractivity contribution in [1.82, 2.24) is 10.6 Å². The molecule has 7 nitrogen and oxygen atoms in total. The van der Waals surface area contributed by atoms with Gasteiger partial charge in [0.25, 0.3) is 5.91 Å². The maximum atomic E-state index is 12.3. The minimum Gasteiger partial charge on any atom is -0.480 e. The number of guanidine groups is 1. The average molecular weight is 368 g/mol. The van der Waals surface area contributed by atoms with E-state index in [1.807, 2.05) is 42.5 Å². The largest absolute Gasteiger partial charge is 0.480 e. The molecule has 0 aliphatic carbocycles. The zero-order valence-corrected chi connectivity index (χ0v) is 14.9. The molecule has 1 atom stereocenters. The molecule has 0 saturated carbocycles. The Morgan fingerprint density at radius 3 is 2.26 bits per heavy atom. The molecule has 7 heteroatoms. The molecule has 0 fully saturated rings. The first-order valence-corrected chi connectivity index (χ1v) is 8.70.